The van der Waals surface area contributed by atoms with Gasteiger partial charge in [-0.25, -0.2) is 13.9 Å². The van der Waals surface area contributed by atoms with E-state index in [0.717, 1.165) is 14.3 Å². The predicted molar refractivity (Wildman–Crippen MR) is 108 cm³/mol. The number of hydrogen-bond acceptors (Lipinski definition) is 6. The van der Waals surface area contributed by atoms with Crippen molar-refractivity contribution < 1.29 is 28.3 Å². The topological polar surface area (TPSA) is 116 Å². The molecule has 1 aliphatic heterocycles. The van der Waals surface area contributed by atoms with Crippen molar-refractivity contribution in [1.82, 2.24) is 9.79 Å². The largest absolute Gasteiger partial charge is 0.489 e. The van der Waals surface area contributed by atoms with Crippen molar-refractivity contribution in [2.75, 3.05) is 6.54 Å². The number of carbonyl (C=O) groups is 1. The highest BCUT2D eigenvalue weighted by Crippen LogP contribution is 2.27. The third-order valence-electron chi connectivity index (χ3n) is 4.71. The number of hydroxylamine groups is 1. The summed E-state index contributed by atoms with van der Waals surface area (Å²) in [4.78, 5) is 11.9. The lowest BCUT2D eigenvalue weighted by Gasteiger charge is -2.35. The summed E-state index contributed by atoms with van der Waals surface area (Å²) in [6.07, 6.45) is -0.495. The summed E-state index contributed by atoms with van der Waals surface area (Å²) in [5.41, 5.74) is 2.45. The zero-order valence-electron chi connectivity index (χ0n) is 15.4. The van der Waals surface area contributed by atoms with Crippen LogP contribution >= 0.6 is 15.9 Å². The van der Waals surface area contributed by atoms with Crippen molar-refractivity contribution in [3.8, 4) is 5.75 Å². The van der Waals surface area contributed by atoms with Gasteiger partial charge in [-0.2, -0.15) is 4.31 Å². The Morgan fingerprint density at radius 1 is 1.17 bits per heavy atom. The molecule has 0 unspecified atom stereocenters. The number of aliphatic hydroxyl groups is 1. The van der Waals surface area contributed by atoms with Gasteiger partial charge in [0.05, 0.1) is 11.0 Å². The highest BCUT2D eigenvalue weighted by Gasteiger charge is 2.40. The van der Waals surface area contributed by atoms with Gasteiger partial charge in [0.15, 0.2) is 0 Å². The Labute approximate surface area is 177 Å². The number of halogens is 1. The standard InChI is InChI=1S/C19H21BrN2O6S/c20-17-4-2-1-3-13(17)12-28-15-6-8-16(9-7-15)29(26,27)22-11-14(23)5-10-18(22)19(24)21-25/h1-4,6-9,14,18,23,25H,5,10-12H2,(H,21,24)/t14-,18-/m1/s1. The smallest absolute Gasteiger partial charge is 0.261 e. The third-order valence-corrected chi connectivity index (χ3v) is 7.37. The quantitative estimate of drug-likeness (QED) is 0.426. The van der Waals surface area contributed by atoms with E-state index in [-0.39, 0.29) is 24.3 Å². The van der Waals surface area contributed by atoms with Crippen LogP contribution in [0.4, 0.5) is 0 Å². The van der Waals surface area contributed by atoms with Crippen molar-refractivity contribution in [1.29, 1.82) is 0 Å². The van der Waals surface area contributed by atoms with E-state index in [0.29, 0.717) is 12.4 Å². The fourth-order valence-electron chi connectivity index (χ4n) is 3.14. The van der Waals surface area contributed by atoms with E-state index in [1.54, 1.807) is 0 Å². The van der Waals surface area contributed by atoms with Gasteiger partial charge in [-0.05, 0) is 43.2 Å². The van der Waals surface area contributed by atoms with Crippen LogP contribution in [-0.2, 0) is 21.4 Å². The van der Waals surface area contributed by atoms with Crippen LogP contribution in [-0.4, -0.2) is 47.6 Å². The lowest BCUT2D eigenvalue weighted by Crippen LogP contribution is -2.54. The third kappa shape index (κ3) is 4.96. The number of piperidine rings is 1. The molecule has 2 atom stereocenters. The van der Waals surface area contributed by atoms with Gasteiger partial charge in [-0.3, -0.25) is 10.0 Å². The summed E-state index contributed by atoms with van der Waals surface area (Å²) in [7, 11) is -4.05. The number of nitrogens with one attached hydrogen (secondary N) is 1. The Kier molecular flexibility index (Phi) is 6.91. The second kappa shape index (κ2) is 9.23. The first-order chi connectivity index (χ1) is 13.8. The molecule has 3 rings (SSSR count). The number of carbonyl (C=O) groups excluding carboxylic acids is 1. The van der Waals surface area contributed by atoms with Gasteiger partial charge in [-0.15, -0.1) is 0 Å². The van der Waals surface area contributed by atoms with Gasteiger partial charge < -0.3 is 9.84 Å². The molecule has 0 aromatic heterocycles. The molecule has 1 amide bonds. The lowest BCUT2D eigenvalue weighted by atomic mass is 10.0. The summed E-state index contributed by atoms with van der Waals surface area (Å²) < 4.78 is 33.5. The van der Waals surface area contributed by atoms with Gasteiger partial charge >= 0.3 is 0 Å². The monoisotopic (exact) mass is 484 g/mol. The molecular formula is C19H21BrN2O6S. The molecular weight excluding hydrogens is 464 g/mol. The average Bonchev–Trinajstić information content (AvgIpc) is 2.73. The number of β-amino-alcohol motifs (C(OH)–C–C–N with tert-alkyl or cyclic N) is 1. The average molecular weight is 485 g/mol. The zero-order chi connectivity index (χ0) is 21.0. The summed E-state index contributed by atoms with van der Waals surface area (Å²) in [6.45, 7) is 0.0886. The molecule has 1 heterocycles. The summed E-state index contributed by atoms with van der Waals surface area (Å²) in [5.74, 6) is -0.336. The Morgan fingerprint density at radius 2 is 1.86 bits per heavy atom. The number of rotatable bonds is 6. The Bertz CT molecular complexity index is 967. The number of nitrogens with zero attached hydrogens (tertiary/aromatic N) is 1. The van der Waals surface area contributed by atoms with E-state index in [1.165, 1.54) is 29.7 Å². The SMILES string of the molecule is O=C(NO)[C@H]1CC[C@@H](O)CN1S(=O)(=O)c1ccc(OCc2ccccc2Br)cc1. The van der Waals surface area contributed by atoms with Crippen LogP contribution in [0.1, 0.15) is 18.4 Å². The number of aliphatic hydroxyl groups excluding tert-OH is 1. The molecule has 1 saturated heterocycles. The molecule has 2 aromatic rings. The van der Waals surface area contributed by atoms with Crippen LogP contribution in [0.2, 0.25) is 0 Å². The number of amides is 1. The van der Waals surface area contributed by atoms with Crippen LogP contribution < -0.4 is 10.2 Å². The Morgan fingerprint density at radius 3 is 2.52 bits per heavy atom. The molecule has 0 spiro atoms. The van der Waals surface area contributed by atoms with Crippen molar-refractivity contribution in [2.24, 2.45) is 0 Å². The maximum absolute atomic E-state index is 13.0. The summed E-state index contributed by atoms with van der Waals surface area (Å²) in [5, 5.41) is 18.8. The first-order valence-electron chi connectivity index (χ1n) is 8.93. The minimum absolute atomic E-state index is 0.0319. The molecule has 8 nitrogen and oxygen atoms in total. The van der Waals surface area contributed by atoms with E-state index >= 15 is 0 Å². The predicted octanol–water partition coefficient (Wildman–Crippen LogP) is 2.05. The molecule has 3 N–H and O–H groups in total. The number of hydrogen-bond donors (Lipinski definition) is 3. The fourth-order valence-corrected chi connectivity index (χ4v) is 5.20. The lowest BCUT2D eigenvalue weighted by molar-refractivity contribution is -0.135. The highest BCUT2D eigenvalue weighted by molar-refractivity contribution is 9.10. The van der Waals surface area contributed by atoms with E-state index in [2.05, 4.69) is 15.9 Å². The van der Waals surface area contributed by atoms with Gasteiger partial charge in [0.1, 0.15) is 18.4 Å². The van der Waals surface area contributed by atoms with Crippen molar-refractivity contribution in [3.63, 3.8) is 0 Å². The van der Waals surface area contributed by atoms with Crippen LogP contribution in [0.25, 0.3) is 0 Å². The van der Waals surface area contributed by atoms with E-state index in [4.69, 9.17) is 9.94 Å². The van der Waals surface area contributed by atoms with Crippen LogP contribution in [0.15, 0.2) is 57.9 Å². The van der Waals surface area contributed by atoms with Crippen molar-refractivity contribution in [3.05, 3.63) is 58.6 Å². The van der Waals surface area contributed by atoms with Gasteiger partial charge in [0, 0.05) is 16.6 Å². The molecule has 1 aliphatic rings. The normalized spacial score (nSPS) is 20.2. The van der Waals surface area contributed by atoms with Crippen LogP contribution in [0.5, 0.6) is 5.75 Å². The van der Waals surface area contributed by atoms with Gasteiger partial charge in [0.2, 0.25) is 10.0 Å². The number of ether oxygens (including phenoxy) is 1. The van der Waals surface area contributed by atoms with E-state index < -0.39 is 28.1 Å². The summed E-state index contributed by atoms with van der Waals surface area (Å²) in [6, 6.07) is 12.4. The number of benzene rings is 2. The van der Waals surface area contributed by atoms with Crippen molar-refractivity contribution >= 4 is 31.9 Å². The minimum Gasteiger partial charge on any atom is -0.489 e. The maximum atomic E-state index is 13.0. The summed E-state index contributed by atoms with van der Waals surface area (Å²) >= 11 is 3.44. The molecule has 0 radical (unpaired) electrons. The van der Waals surface area contributed by atoms with E-state index in [9.17, 15) is 18.3 Å². The second-order valence-electron chi connectivity index (χ2n) is 6.65. The first-order valence-corrected chi connectivity index (χ1v) is 11.2. The van der Waals surface area contributed by atoms with Crippen LogP contribution in [0, 0.1) is 0 Å². The minimum atomic E-state index is -4.05. The second-order valence-corrected chi connectivity index (χ2v) is 9.39. The Balaban J connectivity index is 1.76. The molecule has 0 bridgehead atoms. The Hall–Kier alpha value is -1.98. The molecule has 10 heteroatoms. The van der Waals surface area contributed by atoms with Gasteiger partial charge in [0.25, 0.3) is 5.91 Å². The highest BCUT2D eigenvalue weighted by atomic mass is 79.9. The molecule has 0 aliphatic carbocycles. The van der Waals surface area contributed by atoms with Gasteiger partial charge in [-0.1, -0.05) is 34.1 Å². The molecule has 0 saturated carbocycles. The maximum Gasteiger partial charge on any atom is 0.261 e. The molecule has 2 aromatic carbocycles. The number of sulfonamides is 1. The van der Waals surface area contributed by atoms with E-state index in [1.807, 2.05) is 24.3 Å². The molecule has 1 fully saturated rings. The van der Waals surface area contributed by atoms with Crippen LogP contribution in [0.3, 0.4) is 0 Å². The first kappa shape index (κ1) is 21.7. The molecule has 29 heavy (non-hydrogen) atoms. The fraction of sp³-hybridized carbons (Fsp3) is 0.316. The zero-order valence-corrected chi connectivity index (χ0v) is 17.8. The van der Waals surface area contributed by atoms with Crippen molar-refractivity contribution in [2.45, 2.75) is 36.5 Å². The molecule has 156 valence electrons.